The van der Waals surface area contributed by atoms with Gasteiger partial charge in [-0.2, -0.15) is 5.10 Å². The number of rotatable bonds is 4. The number of aromatic nitrogens is 2. The quantitative estimate of drug-likeness (QED) is 0.934. The van der Waals surface area contributed by atoms with E-state index in [0.29, 0.717) is 0 Å². The van der Waals surface area contributed by atoms with Crippen LogP contribution in [0.5, 0.6) is 0 Å². The van der Waals surface area contributed by atoms with Gasteiger partial charge in [0.05, 0.1) is 5.69 Å². The van der Waals surface area contributed by atoms with Crippen LogP contribution >= 0.6 is 15.9 Å². The van der Waals surface area contributed by atoms with Gasteiger partial charge in [-0.25, -0.2) is 0 Å². The smallest absolute Gasteiger partial charge is 0.0671 e. The Kier molecular flexibility index (Phi) is 4.07. The lowest BCUT2D eigenvalue weighted by atomic mass is 10.2. The Morgan fingerprint density at radius 2 is 2.17 bits per heavy atom. The number of hydrogen-bond donors (Lipinski definition) is 1. The van der Waals surface area contributed by atoms with Crippen LogP contribution in [0, 0.1) is 6.92 Å². The molecule has 2 aromatic rings. The molecule has 0 radical (unpaired) electrons. The SMILES string of the molecule is CCc1nn(C)cc1CNc1cccc(C)c1Br. The lowest BCUT2D eigenvalue weighted by Crippen LogP contribution is -2.02. The van der Waals surface area contributed by atoms with Crippen LogP contribution in [-0.2, 0) is 20.0 Å². The molecule has 4 heteroatoms. The highest BCUT2D eigenvalue weighted by atomic mass is 79.9. The summed E-state index contributed by atoms with van der Waals surface area (Å²) in [6.07, 6.45) is 3.04. The minimum atomic E-state index is 0.805. The lowest BCUT2D eigenvalue weighted by molar-refractivity contribution is 0.746. The monoisotopic (exact) mass is 307 g/mol. The summed E-state index contributed by atoms with van der Waals surface area (Å²) >= 11 is 3.61. The van der Waals surface area contributed by atoms with E-state index >= 15 is 0 Å². The number of anilines is 1. The summed E-state index contributed by atoms with van der Waals surface area (Å²) in [4.78, 5) is 0. The number of nitrogens with zero attached hydrogens (tertiary/aromatic N) is 2. The molecule has 0 bridgehead atoms. The van der Waals surface area contributed by atoms with E-state index in [-0.39, 0.29) is 0 Å². The van der Waals surface area contributed by atoms with Crippen molar-refractivity contribution in [1.82, 2.24) is 9.78 Å². The molecule has 1 aromatic carbocycles. The predicted octanol–water partition coefficient (Wildman–Crippen LogP) is 3.67. The van der Waals surface area contributed by atoms with Crippen LogP contribution in [0.2, 0.25) is 0 Å². The highest BCUT2D eigenvalue weighted by Gasteiger charge is 2.07. The van der Waals surface area contributed by atoms with Crippen molar-refractivity contribution >= 4 is 21.6 Å². The third-order valence-corrected chi connectivity index (χ3v) is 4.04. The summed E-state index contributed by atoms with van der Waals surface area (Å²) in [6, 6.07) is 6.24. The second-order valence-corrected chi connectivity index (χ2v) is 5.21. The number of aryl methyl sites for hydroxylation is 3. The first-order chi connectivity index (χ1) is 8.61. The molecule has 0 unspecified atom stereocenters. The topological polar surface area (TPSA) is 29.9 Å². The predicted molar refractivity (Wildman–Crippen MR) is 78.8 cm³/mol. The van der Waals surface area contributed by atoms with Gasteiger partial charge >= 0.3 is 0 Å². The van der Waals surface area contributed by atoms with E-state index in [9.17, 15) is 0 Å². The average molecular weight is 308 g/mol. The third kappa shape index (κ3) is 2.75. The summed E-state index contributed by atoms with van der Waals surface area (Å²) in [7, 11) is 1.96. The van der Waals surface area contributed by atoms with Crippen LogP contribution in [0.15, 0.2) is 28.9 Å². The van der Waals surface area contributed by atoms with Crippen molar-refractivity contribution < 1.29 is 0 Å². The zero-order valence-corrected chi connectivity index (χ0v) is 12.6. The molecule has 2 rings (SSSR count). The van der Waals surface area contributed by atoms with Crippen LogP contribution in [-0.4, -0.2) is 9.78 Å². The maximum absolute atomic E-state index is 4.45. The number of benzene rings is 1. The molecule has 0 aliphatic carbocycles. The Morgan fingerprint density at radius 3 is 2.89 bits per heavy atom. The van der Waals surface area contributed by atoms with Crippen LogP contribution < -0.4 is 5.32 Å². The van der Waals surface area contributed by atoms with Gasteiger partial charge in [0.2, 0.25) is 0 Å². The van der Waals surface area contributed by atoms with E-state index in [0.717, 1.165) is 28.8 Å². The minimum Gasteiger partial charge on any atom is -0.380 e. The highest BCUT2D eigenvalue weighted by Crippen LogP contribution is 2.26. The number of hydrogen-bond acceptors (Lipinski definition) is 2. The van der Waals surface area contributed by atoms with E-state index in [1.807, 2.05) is 11.7 Å². The maximum Gasteiger partial charge on any atom is 0.0671 e. The normalized spacial score (nSPS) is 10.7. The van der Waals surface area contributed by atoms with Crippen molar-refractivity contribution in [2.24, 2.45) is 7.05 Å². The molecule has 1 heterocycles. The molecule has 1 aromatic heterocycles. The molecule has 0 saturated heterocycles. The van der Waals surface area contributed by atoms with E-state index < -0.39 is 0 Å². The summed E-state index contributed by atoms with van der Waals surface area (Å²) in [6.45, 7) is 5.03. The van der Waals surface area contributed by atoms with Gasteiger partial charge in [-0.15, -0.1) is 0 Å². The van der Waals surface area contributed by atoms with Crippen molar-refractivity contribution in [1.29, 1.82) is 0 Å². The Bertz CT molecular complexity index is 546. The van der Waals surface area contributed by atoms with E-state index in [4.69, 9.17) is 0 Å². The Balaban J connectivity index is 2.13. The number of nitrogens with one attached hydrogen (secondary N) is 1. The van der Waals surface area contributed by atoms with Gasteiger partial charge in [0.25, 0.3) is 0 Å². The van der Waals surface area contributed by atoms with E-state index in [2.05, 4.69) is 64.6 Å². The number of halogens is 1. The summed E-state index contributed by atoms with van der Waals surface area (Å²) in [5.74, 6) is 0. The Hall–Kier alpha value is -1.29. The van der Waals surface area contributed by atoms with Crippen molar-refractivity contribution in [3.8, 4) is 0 Å². The summed E-state index contributed by atoms with van der Waals surface area (Å²) < 4.78 is 3.01. The second-order valence-electron chi connectivity index (χ2n) is 4.42. The van der Waals surface area contributed by atoms with Gasteiger partial charge in [0.1, 0.15) is 0 Å². The van der Waals surface area contributed by atoms with Crippen LogP contribution in [0.1, 0.15) is 23.7 Å². The van der Waals surface area contributed by atoms with Crippen molar-refractivity contribution in [2.45, 2.75) is 26.8 Å². The molecule has 0 amide bonds. The molecular formula is C14H18BrN3. The zero-order chi connectivity index (χ0) is 13.1. The fourth-order valence-electron chi connectivity index (χ4n) is 2.00. The van der Waals surface area contributed by atoms with Crippen LogP contribution in [0.4, 0.5) is 5.69 Å². The zero-order valence-electron chi connectivity index (χ0n) is 11.0. The minimum absolute atomic E-state index is 0.805. The van der Waals surface area contributed by atoms with Gasteiger partial charge < -0.3 is 5.32 Å². The molecule has 3 nitrogen and oxygen atoms in total. The molecule has 1 N–H and O–H groups in total. The van der Waals surface area contributed by atoms with Gasteiger partial charge in [-0.3, -0.25) is 4.68 Å². The maximum atomic E-state index is 4.45. The standard InChI is InChI=1S/C14H18BrN3/c1-4-12-11(9-18(3)17-12)8-16-13-7-5-6-10(2)14(13)15/h5-7,9,16H,4,8H2,1-3H3. The third-order valence-electron chi connectivity index (χ3n) is 2.99. The Morgan fingerprint density at radius 1 is 1.39 bits per heavy atom. The Labute approximate surface area is 116 Å². The highest BCUT2D eigenvalue weighted by molar-refractivity contribution is 9.10. The molecule has 0 fully saturated rings. The van der Waals surface area contributed by atoms with Gasteiger partial charge in [0, 0.05) is 35.5 Å². The molecule has 96 valence electrons. The molecular weight excluding hydrogens is 290 g/mol. The first kappa shape index (κ1) is 13.1. The van der Waals surface area contributed by atoms with E-state index in [1.165, 1.54) is 11.1 Å². The first-order valence-electron chi connectivity index (χ1n) is 6.12. The molecule has 18 heavy (non-hydrogen) atoms. The lowest BCUT2D eigenvalue weighted by Gasteiger charge is -2.09. The molecule has 0 aliphatic heterocycles. The fourth-order valence-corrected chi connectivity index (χ4v) is 2.41. The second kappa shape index (κ2) is 5.57. The van der Waals surface area contributed by atoms with Gasteiger partial charge in [-0.1, -0.05) is 19.1 Å². The van der Waals surface area contributed by atoms with Crippen LogP contribution in [0.3, 0.4) is 0 Å². The molecule has 0 saturated carbocycles. The molecule has 0 aliphatic rings. The van der Waals surface area contributed by atoms with Crippen molar-refractivity contribution in [3.63, 3.8) is 0 Å². The van der Waals surface area contributed by atoms with Gasteiger partial charge in [-0.05, 0) is 40.9 Å². The van der Waals surface area contributed by atoms with E-state index in [1.54, 1.807) is 0 Å². The molecule has 0 spiro atoms. The summed E-state index contributed by atoms with van der Waals surface area (Å²) in [5, 5.41) is 7.90. The largest absolute Gasteiger partial charge is 0.380 e. The summed E-state index contributed by atoms with van der Waals surface area (Å²) in [5.41, 5.74) is 4.78. The first-order valence-corrected chi connectivity index (χ1v) is 6.91. The fraction of sp³-hybridized carbons (Fsp3) is 0.357. The van der Waals surface area contributed by atoms with Gasteiger partial charge in [0.15, 0.2) is 0 Å². The molecule has 0 atom stereocenters. The van der Waals surface area contributed by atoms with Crippen LogP contribution in [0.25, 0.3) is 0 Å². The average Bonchev–Trinajstić information content (AvgIpc) is 2.71. The van der Waals surface area contributed by atoms with Crippen molar-refractivity contribution in [2.75, 3.05) is 5.32 Å². The van der Waals surface area contributed by atoms with Crippen molar-refractivity contribution in [3.05, 3.63) is 45.7 Å².